The maximum Gasteiger partial charge on any atom is 0.108 e. The molecule has 3 heteroatoms. The standard InChI is InChI=1S/C15H27N3/c1-3-9-16-14-8-6-4-5-7-13(14)12-15-17-10-11-18(15)2/h10-11,13-14,16H,3-9,12H2,1-2H3. The van der Waals surface area contributed by atoms with Crippen LogP contribution < -0.4 is 5.32 Å². The zero-order valence-corrected chi connectivity index (χ0v) is 11.9. The van der Waals surface area contributed by atoms with Crippen molar-refractivity contribution in [1.82, 2.24) is 14.9 Å². The van der Waals surface area contributed by atoms with Crippen LogP contribution in [0.25, 0.3) is 0 Å². The second-order valence-corrected chi connectivity index (χ2v) is 5.62. The Balaban J connectivity index is 1.98. The van der Waals surface area contributed by atoms with Crippen LogP contribution in [-0.4, -0.2) is 22.1 Å². The highest BCUT2D eigenvalue weighted by atomic mass is 15.0. The number of aromatic nitrogens is 2. The molecule has 0 saturated heterocycles. The van der Waals surface area contributed by atoms with Crippen molar-refractivity contribution in [1.29, 1.82) is 0 Å². The number of rotatable bonds is 5. The number of hydrogen-bond acceptors (Lipinski definition) is 2. The molecule has 102 valence electrons. The lowest BCUT2D eigenvalue weighted by Crippen LogP contribution is -2.37. The van der Waals surface area contributed by atoms with Gasteiger partial charge in [0.1, 0.15) is 5.82 Å². The van der Waals surface area contributed by atoms with Crippen molar-refractivity contribution in [3.8, 4) is 0 Å². The van der Waals surface area contributed by atoms with Gasteiger partial charge in [-0.05, 0) is 31.7 Å². The first-order valence-electron chi connectivity index (χ1n) is 7.51. The van der Waals surface area contributed by atoms with Crippen molar-refractivity contribution in [3.63, 3.8) is 0 Å². The molecule has 0 aliphatic heterocycles. The minimum absolute atomic E-state index is 0.698. The molecular formula is C15H27N3. The van der Waals surface area contributed by atoms with E-state index in [0.717, 1.165) is 18.9 Å². The number of imidazole rings is 1. The molecule has 18 heavy (non-hydrogen) atoms. The van der Waals surface area contributed by atoms with Gasteiger partial charge in [0, 0.05) is 31.9 Å². The second kappa shape index (κ2) is 6.93. The van der Waals surface area contributed by atoms with Crippen molar-refractivity contribution < 1.29 is 0 Å². The van der Waals surface area contributed by atoms with Gasteiger partial charge in [-0.15, -0.1) is 0 Å². The van der Waals surface area contributed by atoms with Crippen LogP contribution in [0.1, 0.15) is 51.3 Å². The van der Waals surface area contributed by atoms with E-state index in [-0.39, 0.29) is 0 Å². The molecule has 0 radical (unpaired) electrons. The number of aryl methyl sites for hydroxylation is 1. The monoisotopic (exact) mass is 249 g/mol. The van der Waals surface area contributed by atoms with Crippen molar-refractivity contribution >= 4 is 0 Å². The Kier molecular flexibility index (Phi) is 5.24. The van der Waals surface area contributed by atoms with Crippen molar-refractivity contribution in [3.05, 3.63) is 18.2 Å². The Bertz CT molecular complexity index is 345. The Morgan fingerprint density at radius 1 is 1.33 bits per heavy atom. The summed E-state index contributed by atoms with van der Waals surface area (Å²) in [5.74, 6) is 2.00. The van der Waals surface area contributed by atoms with E-state index in [4.69, 9.17) is 0 Å². The van der Waals surface area contributed by atoms with Crippen LogP contribution in [0.2, 0.25) is 0 Å². The first kappa shape index (κ1) is 13.6. The highest BCUT2D eigenvalue weighted by molar-refractivity contribution is 4.95. The summed E-state index contributed by atoms with van der Waals surface area (Å²) in [6, 6.07) is 0.698. The van der Waals surface area contributed by atoms with Gasteiger partial charge >= 0.3 is 0 Å². The van der Waals surface area contributed by atoms with Gasteiger partial charge in [0.25, 0.3) is 0 Å². The molecule has 0 bridgehead atoms. The largest absolute Gasteiger partial charge is 0.338 e. The predicted octanol–water partition coefficient (Wildman–Crippen LogP) is 2.91. The maximum absolute atomic E-state index is 4.49. The van der Waals surface area contributed by atoms with Crippen LogP contribution in [0.15, 0.2) is 12.4 Å². The molecule has 0 aromatic carbocycles. The van der Waals surface area contributed by atoms with E-state index in [2.05, 4.69) is 35.0 Å². The Hall–Kier alpha value is -0.830. The molecule has 1 N–H and O–H groups in total. The van der Waals surface area contributed by atoms with Crippen molar-refractivity contribution in [2.45, 2.75) is 57.9 Å². The fraction of sp³-hybridized carbons (Fsp3) is 0.800. The lowest BCUT2D eigenvalue weighted by atomic mass is 9.91. The third-order valence-corrected chi connectivity index (χ3v) is 4.18. The Labute approximate surface area is 111 Å². The first-order valence-corrected chi connectivity index (χ1v) is 7.51. The summed E-state index contributed by atoms with van der Waals surface area (Å²) < 4.78 is 2.17. The van der Waals surface area contributed by atoms with Gasteiger partial charge in [0.15, 0.2) is 0 Å². The van der Waals surface area contributed by atoms with E-state index in [1.165, 1.54) is 44.3 Å². The van der Waals surface area contributed by atoms with Gasteiger partial charge in [-0.2, -0.15) is 0 Å². The molecule has 1 heterocycles. The average molecular weight is 249 g/mol. The van der Waals surface area contributed by atoms with Gasteiger partial charge in [-0.3, -0.25) is 0 Å². The quantitative estimate of drug-likeness (QED) is 0.813. The van der Waals surface area contributed by atoms with E-state index in [9.17, 15) is 0 Å². The molecule has 2 unspecified atom stereocenters. The summed E-state index contributed by atoms with van der Waals surface area (Å²) in [4.78, 5) is 4.49. The minimum Gasteiger partial charge on any atom is -0.338 e. The normalized spacial score (nSPS) is 25.0. The molecule has 3 nitrogen and oxygen atoms in total. The van der Waals surface area contributed by atoms with Crippen molar-refractivity contribution in [2.24, 2.45) is 13.0 Å². The highest BCUT2D eigenvalue weighted by Gasteiger charge is 2.24. The molecule has 1 aromatic rings. The Morgan fingerprint density at radius 3 is 2.89 bits per heavy atom. The first-order chi connectivity index (χ1) is 8.81. The fourth-order valence-electron chi connectivity index (χ4n) is 3.05. The van der Waals surface area contributed by atoms with Gasteiger partial charge in [0.2, 0.25) is 0 Å². The van der Waals surface area contributed by atoms with Gasteiger partial charge in [-0.25, -0.2) is 4.98 Å². The average Bonchev–Trinajstić information content (AvgIpc) is 2.64. The fourth-order valence-corrected chi connectivity index (χ4v) is 3.05. The second-order valence-electron chi connectivity index (χ2n) is 5.62. The van der Waals surface area contributed by atoms with Crippen LogP contribution in [0.3, 0.4) is 0 Å². The molecule has 1 saturated carbocycles. The van der Waals surface area contributed by atoms with Gasteiger partial charge < -0.3 is 9.88 Å². The summed E-state index contributed by atoms with van der Waals surface area (Å²) in [6.07, 6.45) is 13.2. The predicted molar refractivity (Wildman–Crippen MR) is 75.6 cm³/mol. The highest BCUT2D eigenvalue weighted by Crippen LogP contribution is 2.26. The SMILES string of the molecule is CCCNC1CCCCCC1Cc1nccn1C. The number of hydrogen-bond donors (Lipinski definition) is 1. The van der Waals surface area contributed by atoms with Crippen LogP contribution in [0.4, 0.5) is 0 Å². The van der Waals surface area contributed by atoms with Crippen LogP contribution in [0.5, 0.6) is 0 Å². The molecule has 1 fully saturated rings. The van der Waals surface area contributed by atoms with E-state index in [1.54, 1.807) is 0 Å². The summed E-state index contributed by atoms with van der Waals surface area (Å²) in [6.45, 7) is 3.40. The Morgan fingerprint density at radius 2 is 2.17 bits per heavy atom. The van der Waals surface area contributed by atoms with E-state index >= 15 is 0 Å². The smallest absolute Gasteiger partial charge is 0.108 e. The zero-order valence-electron chi connectivity index (χ0n) is 11.9. The molecule has 0 amide bonds. The van der Waals surface area contributed by atoms with E-state index < -0.39 is 0 Å². The van der Waals surface area contributed by atoms with Crippen LogP contribution in [0, 0.1) is 5.92 Å². The molecule has 1 aromatic heterocycles. The molecule has 1 aliphatic carbocycles. The molecular weight excluding hydrogens is 222 g/mol. The van der Waals surface area contributed by atoms with E-state index in [1.807, 2.05) is 6.20 Å². The van der Waals surface area contributed by atoms with Gasteiger partial charge in [-0.1, -0.05) is 26.2 Å². The third-order valence-electron chi connectivity index (χ3n) is 4.18. The number of nitrogens with zero attached hydrogens (tertiary/aromatic N) is 2. The zero-order chi connectivity index (χ0) is 12.8. The third kappa shape index (κ3) is 3.58. The van der Waals surface area contributed by atoms with Crippen LogP contribution >= 0.6 is 0 Å². The summed E-state index contributed by atoms with van der Waals surface area (Å²) >= 11 is 0. The lowest BCUT2D eigenvalue weighted by molar-refractivity contribution is 0.326. The van der Waals surface area contributed by atoms with E-state index in [0.29, 0.717) is 6.04 Å². The summed E-state index contributed by atoms with van der Waals surface area (Å²) in [7, 11) is 2.10. The number of nitrogens with one attached hydrogen (secondary N) is 1. The molecule has 0 spiro atoms. The van der Waals surface area contributed by atoms with Crippen LogP contribution in [-0.2, 0) is 13.5 Å². The maximum atomic E-state index is 4.49. The minimum atomic E-state index is 0.698. The summed E-state index contributed by atoms with van der Waals surface area (Å²) in [5, 5.41) is 3.76. The topological polar surface area (TPSA) is 29.9 Å². The van der Waals surface area contributed by atoms with Gasteiger partial charge in [0.05, 0.1) is 0 Å². The molecule has 1 aliphatic rings. The molecule has 2 atom stereocenters. The summed E-state index contributed by atoms with van der Waals surface area (Å²) in [5.41, 5.74) is 0. The lowest BCUT2D eigenvalue weighted by Gasteiger charge is -2.26. The van der Waals surface area contributed by atoms with Crippen molar-refractivity contribution in [2.75, 3.05) is 6.54 Å². The molecule has 2 rings (SSSR count).